The number of methoxy groups -OCH3 is 1. The number of aliphatic hydroxyl groups is 1. The van der Waals surface area contributed by atoms with E-state index < -0.39 is 0 Å². The summed E-state index contributed by atoms with van der Waals surface area (Å²) in [5, 5.41) is 12.3. The standard InChI is InChI=1S/C16H20N2O3/c1-3-17-16-13(5-4-8-18-16)11-21-14-7-6-12(10-19)9-15(14)20-2/h4-9,19H,3,10-11H2,1-2H3,(H,17,18). The molecule has 0 amide bonds. The third-order valence-corrected chi connectivity index (χ3v) is 3.03. The van der Waals surface area contributed by atoms with Crippen molar-refractivity contribution in [2.24, 2.45) is 0 Å². The largest absolute Gasteiger partial charge is 0.493 e. The number of pyridine rings is 1. The second-order valence-electron chi connectivity index (χ2n) is 4.47. The molecule has 21 heavy (non-hydrogen) atoms. The molecule has 1 aromatic heterocycles. The number of hydrogen-bond acceptors (Lipinski definition) is 5. The van der Waals surface area contributed by atoms with Crippen LogP contribution in [-0.4, -0.2) is 23.7 Å². The van der Waals surface area contributed by atoms with Gasteiger partial charge in [0.05, 0.1) is 13.7 Å². The number of benzene rings is 1. The first-order valence-corrected chi connectivity index (χ1v) is 6.86. The van der Waals surface area contributed by atoms with Crippen LogP contribution < -0.4 is 14.8 Å². The number of hydrogen-bond donors (Lipinski definition) is 2. The van der Waals surface area contributed by atoms with E-state index in [1.54, 1.807) is 25.4 Å². The maximum Gasteiger partial charge on any atom is 0.161 e. The number of aliphatic hydroxyl groups excluding tert-OH is 1. The Kier molecular flexibility index (Phi) is 5.40. The summed E-state index contributed by atoms with van der Waals surface area (Å²) in [6.45, 7) is 3.20. The fourth-order valence-corrected chi connectivity index (χ4v) is 1.97. The summed E-state index contributed by atoms with van der Waals surface area (Å²) < 4.78 is 11.1. The van der Waals surface area contributed by atoms with Crippen molar-refractivity contribution >= 4 is 5.82 Å². The Balaban J connectivity index is 2.13. The lowest BCUT2D eigenvalue weighted by Gasteiger charge is -2.13. The van der Waals surface area contributed by atoms with Gasteiger partial charge in [-0.25, -0.2) is 4.98 Å². The van der Waals surface area contributed by atoms with Crippen molar-refractivity contribution in [3.63, 3.8) is 0 Å². The molecule has 5 heteroatoms. The van der Waals surface area contributed by atoms with Gasteiger partial charge in [-0.05, 0) is 30.7 Å². The molecule has 1 heterocycles. The van der Waals surface area contributed by atoms with E-state index in [0.29, 0.717) is 18.1 Å². The molecular weight excluding hydrogens is 268 g/mol. The molecule has 0 atom stereocenters. The third-order valence-electron chi connectivity index (χ3n) is 3.03. The van der Waals surface area contributed by atoms with Crippen LogP contribution in [0.15, 0.2) is 36.5 Å². The molecule has 2 aromatic rings. The molecule has 0 spiro atoms. The van der Waals surface area contributed by atoms with Gasteiger partial charge >= 0.3 is 0 Å². The number of rotatable bonds is 7. The van der Waals surface area contributed by atoms with Crippen LogP contribution in [0.5, 0.6) is 11.5 Å². The maximum absolute atomic E-state index is 9.14. The molecule has 0 radical (unpaired) electrons. The number of nitrogens with one attached hydrogen (secondary N) is 1. The fourth-order valence-electron chi connectivity index (χ4n) is 1.97. The Morgan fingerprint density at radius 2 is 2.10 bits per heavy atom. The van der Waals surface area contributed by atoms with Crippen LogP contribution >= 0.6 is 0 Å². The smallest absolute Gasteiger partial charge is 0.161 e. The van der Waals surface area contributed by atoms with Crippen molar-refractivity contribution in [2.75, 3.05) is 19.0 Å². The molecule has 0 aliphatic heterocycles. The summed E-state index contributed by atoms with van der Waals surface area (Å²) in [5.41, 5.74) is 1.77. The molecule has 5 nitrogen and oxygen atoms in total. The number of anilines is 1. The van der Waals surface area contributed by atoms with Crippen molar-refractivity contribution in [2.45, 2.75) is 20.1 Å². The highest BCUT2D eigenvalue weighted by atomic mass is 16.5. The van der Waals surface area contributed by atoms with Gasteiger partial charge in [0.25, 0.3) is 0 Å². The Morgan fingerprint density at radius 1 is 1.24 bits per heavy atom. The average Bonchev–Trinajstić information content (AvgIpc) is 2.54. The van der Waals surface area contributed by atoms with E-state index in [9.17, 15) is 0 Å². The highest BCUT2D eigenvalue weighted by molar-refractivity contribution is 5.45. The lowest BCUT2D eigenvalue weighted by molar-refractivity contribution is 0.274. The molecule has 0 fully saturated rings. The van der Waals surface area contributed by atoms with Crippen LogP contribution in [0.1, 0.15) is 18.1 Å². The highest BCUT2D eigenvalue weighted by Gasteiger charge is 2.08. The van der Waals surface area contributed by atoms with Gasteiger partial charge in [-0.2, -0.15) is 0 Å². The van der Waals surface area contributed by atoms with E-state index >= 15 is 0 Å². The first-order valence-electron chi connectivity index (χ1n) is 6.86. The van der Waals surface area contributed by atoms with Crippen LogP contribution in [0.3, 0.4) is 0 Å². The minimum Gasteiger partial charge on any atom is -0.493 e. The van der Waals surface area contributed by atoms with Gasteiger partial charge in [-0.3, -0.25) is 0 Å². The zero-order valence-corrected chi connectivity index (χ0v) is 12.3. The van der Waals surface area contributed by atoms with E-state index in [0.717, 1.165) is 23.5 Å². The van der Waals surface area contributed by atoms with Gasteiger partial charge in [-0.15, -0.1) is 0 Å². The van der Waals surface area contributed by atoms with Crippen molar-refractivity contribution < 1.29 is 14.6 Å². The highest BCUT2D eigenvalue weighted by Crippen LogP contribution is 2.29. The molecule has 0 aliphatic rings. The lowest BCUT2D eigenvalue weighted by Crippen LogP contribution is -2.06. The van der Waals surface area contributed by atoms with Crippen LogP contribution in [0.2, 0.25) is 0 Å². The zero-order valence-electron chi connectivity index (χ0n) is 12.3. The van der Waals surface area contributed by atoms with Crippen molar-refractivity contribution in [1.29, 1.82) is 0 Å². The molecule has 2 rings (SSSR count). The summed E-state index contributed by atoms with van der Waals surface area (Å²) in [5.74, 6) is 2.07. The van der Waals surface area contributed by atoms with Gasteiger partial charge in [0, 0.05) is 18.3 Å². The molecular formula is C16H20N2O3. The summed E-state index contributed by atoms with van der Waals surface area (Å²) >= 11 is 0. The topological polar surface area (TPSA) is 63.6 Å². The molecule has 0 saturated carbocycles. The number of ether oxygens (including phenoxy) is 2. The first-order chi connectivity index (χ1) is 10.3. The Hall–Kier alpha value is -2.27. The molecule has 2 N–H and O–H groups in total. The Morgan fingerprint density at radius 3 is 2.81 bits per heavy atom. The van der Waals surface area contributed by atoms with Crippen molar-refractivity contribution in [3.05, 3.63) is 47.7 Å². The Labute approximate surface area is 124 Å². The maximum atomic E-state index is 9.14. The predicted molar refractivity (Wildman–Crippen MR) is 81.6 cm³/mol. The third kappa shape index (κ3) is 3.86. The van der Waals surface area contributed by atoms with Gasteiger partial charge in [0.15, 0.2) is 11.5 Å². The molecule has 0 bridgehead atoms. The summed E-state index contributed by atoms with van der Waals surface area (Å²) in [4.78, 5) is 4.30. The number of aromatic nitrogens is 1. The van der Waals surface area contributed by atoms with Crippen LogP contribution in [0.4, 0.5) is 5.82 Å². The summed E-state index contributed by atoms with van der Waals surface area (Å²) in [7, 11) is 1.58. The molecule has 0 unspecified atom stereocenters. The SMILES string of the molecule is CCNc1ncccc1COc1ccc(CO)cc1OC. The Bertz CT molecular complexity index is 587. The van der Waals surface area contributed by atoms with Gasteiger partial charge in [0.2, 0.25) is 0 Å². The fraction of sp³-hybridized carbons (Fsp3) is 0.312. The van der Waals surface area contributed by atoms with E-state index in [1.807, 2.05) is 25.1 Å². The first kappa shape index (κ1) is 15.1. The normalized spacial score (nSPS) is 10.2. The second-order valence-corrected chi connectivity index (χ2v) is 4.47. The monoisotopic (exact) mass is 288 g/mol. The summed E-state index contributed by atoms with van der Waals surface area (Å²) in [6, 6.07) is 9.23. The van der Waals surface area contributed by atoms with Crippen molar-refractivity contribution in [3.8, 4) is 11.5 Å². The van der Waals surface area contributed by atoms with Crippen molar-refractivity contribution in [1.82, 2.24) is 4.98 Å². The predicted octanol–water partition coefficient (Wildman–Crippen LogP) is 2.59. The lowest BCUT2D eigenvalue weighted by atomic mass is 10.2. The molecule has 0 saturated heterocycles. The molecule has 112 valence electrons. The van der Waals surface area contributed by atoms with Crippen LogP contribution in [0.25, 0.3) is 0 Å². The van der Waals surface area contributed by atoms with Crippen LogP contribution in [-0.2, 0) is 13.2 Å². The second kappa shape index (κ2) is 7.50. The van der Waals surface area contributed by atoms with E-state index in [2.05, 4.69) is 10.3 Å². The van der Waals surface area contributed by atoms with Gasteiger partial charge < -0.3 is 19.9 Å². The molecule has 1 aromatic carbocycles. The quantitative estimate of drug-likeness (QED) is 0.820. The van der Waals surface area contributed by atoms with Crippen LogP contribution in [0, 0.1) is 0 Å². The minimum absolute atomic E-state index is 0.0240. The average molecular weight is 288 g/mol. The van der Waals surface area contributed by atoms with E-state index in [-0.39, 0.29) is 6.61 Å². The summed E-state index contributed by atoms with van der Waals surface area (Å²) in [6.07, 6.45) is 1.75. The zero-order chi connectivity index (χ0) is 15.1. The van der Waals surface area contributed by atoms with Gasteiger partial charge in [-0.1, -0.05) is 12.1 Å². The minimum atomic E-state index is -0.0240. The molecule has 0 aliphatic carbocycles. The number of nitrogens with zero attached hydrogens (tertiary/aromatic N) is 1. The van der Waals surface area contributed by atoms with Gasteiger partial charge in [0.1, 0.15) is 12.4 Å². The van der Waals surface area contributed by atoms with E-state index in [1.165, 1.54) is 0 Å². The van der Waals surface area contributed by atoms with E-state index in [4.69, 9.17) is 14.6 Å².